The molecular weight excluding hydrogens is 444 g/mol. The topological polar surface area (TPSA) is 99.8 Å². The van der Waals surface area contributed by atoms with Crippen molar-refractivity contribution in [2.24, 2.45) is 0 Å². The molecule has 0 spiro atoms. The fourth-order valence-electron chi connectivity index (χ4n) is 3.65. The predicted octanol–water partition coefficient (Wildman–Crippen LogP) is 5.30. The molecule has 1 aliphatic heterocycles. The van der Waals surface area contributed by atoms with Gasteiger partial charge >= 0.3 is 18.0 Å². The largest absolute Gasteiger partial charge is 0.463 e. The lowest BCUT2D eigenvalue weighted by molar-refractivity contribution is -0.139. The third-order valence-corrected chi connectivity index (χ3v) is 5.33. The zero-order valence-corrected chi connectivity index (χ0v) is 19.5. The van der Waals surface area contributed by atoms with Gasteiger partial charge in [0.15, 0.2) is 0 Å². The molecule has 3 N–H and O–H groups in total. The van der Waals surface area contributed by atoms with Crippen LogP contribution in [-0.2, 0) is 9.53 Å². The Morgan fingerprint density at radius 3 is 2.39 bits per heavy atom. The van der Waals surface area contributed by atoms with Gasteiger partial charge in [0.25, 0.3) is 0 Å². The van der Waals surface area contributed by atoms with Crippen molar-refractivity contribution >= 4 is 41.0 Å². The second-order valence-electron chi connectivity index (χ2n) is 7.47. The van der Waals surface area contributed by atoms with E-state index in [9.17, 15) is 14.4 Å². The second-order valence-corrected chi connectivity index (χ2v) is 7.91. The lowest BCUT2D eigenvalue weighted by atomic mass is 9.94. The number of carbonyl (C=O) groups excluding carboxylic acids is 3. The van der Waals surface area contributed by atoms with Gasteiger partial charge in [-0.1, -0.05) is 36.7 Å². The van der Waals surface area contributed by atoms with Gasteiger partial charge in [-0.25, -0.2) is 14.4 Å². The molecule has 8 nitrogen and oxygen atoms in total. The van der Waals surface area contributed by atoms with Gasteiger partial charge in [0.1, 0.15) is 0 Å². The van der Waals surface area contributed by atoms with E-state index >= 15 is 0 Å². The number of urea groups is 2. The Morgan fingerprint density at radius 2 is 1.76 bits per heavy atom. The number of halogens is 1. The molecule has 2 aromatic carbocycles. The molecular formula is C24H27ClN4O4. The van der Waals surface area contributed by atoms with Gasteiger partial charge in [-0.15, -0.1) is 0 Å². The number of amides is 4. The van der Waals surface area contributed by atoms with Gasteiger partial charge in [0, 0.05) is 28.6 Å². The molecule has 0 saturated carbocycles. The molecule has 0 aromatic heterocycles. The number of nitrogens with one attached hydrogen (secondary N) is 3. The van der Waals surface area contributed by atoms with Gasteiger partial charge in [-0.2, -0.15) is 0 Å². The van der Waals surface area contributed by atoms with E-state index in [1.165, 1.54) is 0 Å². The number of hydrogen-bond donors (Lipinski definition) is 3. The van der Waals surface area contributed by atoms with E-state index in [0.717, 1.165) is 6.42 Å². The van der Waals surface area contributed by atoms with E-state index in [1.54, 1.807) is 67.3 Å². The van der Waals surface area contributed by atoms with Crippen LogP contribution >= 0.6 is 11.6 Å². The Labute approximate surface area is 197 Å². The number of benzene rings is 2. The Bertz CT molecular complexity index is 1090. The molecule has 0 bridgehead atoms. The van der Waals surface area contributed by atoms with Crippen molar-refractivity contribution in [2.45, 2.75) is 33.2 Å². The SMILES string of the molecule is CCCN1C(=O)N[C@H](c2cccc(NC(=O)Nc3cccc(Cl)c3)c2)C(C(=O)OCC)=C1C. The minimum absolute atomic E-state index is 0.218. The highest BCUT2D eigenvalue weighted by atomic mass is 35.5. The van der Waals surface area contributed by atoms with Crippen LogP contribution in [0.15, 0.2) is 59.8 Å². The summed E-state index contributed by atoms with van der Waals surface area (Å²) in [6.45, 7) is 6.14. The zero-order valence-electron chi connectivity index (χ0n) is 18.8. The zero-order chi connectivity index (χ0) is 24.0. The fourth-order valence-corrected chi connectivity index (χ4v) is 3.84. The molecule has 1 atom stereocenters. The van der Waals surface area contributed by atoms with Crippen LogP contribution < -0.4 is 16.0 Å². The molecule has 0 saturated heterocycles. The van der Waals surface area contributed by atoms with Crippen molar-refractivity contribution < 1.29 is 19.1 Å². The number of esters is 1. The van der Waals surface area contributed by atoms with Gasteiger partial charge < -0.3 is 20.7 Å². The van der Waals surface area contributed by atoms with E-state index in [4.69, 9.17) is 16.3 Å². The summed E-state index contributed by atoms with van der Waals surface area (Å²) in [7, 11) is 0. The van der Waals surface area contributed by atoms with Crippen molar-refractivity contribution in [2.75, 3.05) is 23.8 Å². The summed E-state index contributed by atoms with van der Waals surface area (Å²) >= 11 is 5.96. The molecule has 0 radical (unpaired) electrons. The highest BCUT2D eigenvalue weighted by Crippen LogP contribution is 2.32. The highest BCUT2D eigenvalue weighted by Gasteiger charge is 2.36. The summed E-state index contributed by atoms with van der Waals surface area (Å²) in [6.07, 6.45) is 0.743. The van der Waals surface area contributed by atoms with E-state index in [2.05, 4.69) is 16.0 Å². The molecule has 1 aliphatic rings. The number of hydrogen-bond acceptors (Lipinski definition) is 4. The van der Waals surface area contributed by atoms with Gasteiger partial charge in [-0.05, 0) is 56.2 Å². The first-order chi connectivity index (χ1) is 15.8. The first-order valence-corrected chi connectivity index (χ1v) is 11.1. The number of anilines is 2. The number of nitrogens with zero attached hydrogens (tertiary/aromatic N) is 1. The molecule has 2 aromatic rings. The Hall–Kier alpha value is -3.52. The minimum Gasteiger partial charge on any atom is -0.463 e. The summed E-state index contributed by atoms with van der Waals surface area (Å²) in [4.78, 5) is 39.5. The maximum absolute atomic E-state index is 12.8. The number of carbonyl (C=O) groups is 3. The first-order valence-electron chi connectivity index (χ1n) is 10.7. The predicted molar refractivity (Wildman–Crippen MR) is 128 cm³/mol. The van der Waals surface area contributed by atoms with Gasteiger partial charge in [0.2, 0.25) is 0 Å². The van der Waals surface area contributed by atoms with Crippen molar-refractivity contribution in [1.29, 1.82) is 0 Å². The van der Waals surface area contributed by atoms with Crippen LogP contribution in [0.1, 0.15) is 38.8 Å². The summed E-state index contributed by atoms with van der Waals surface area (Å²) in [5.74, 6) is -0.488. The van der Waals surface area contributed by atoms with Gasteiger partial charge in [-0.3, -0.25) is 4.90 Å². The molecule has 9 heteroatoms. The van der Waals surface area contributed by atoms with Crippen molar-refractivity contribution in [1.82, 2.24) is 10.2 Å². The smallest absolute Gasteiger partial charge is 0.338 e. The summed E-state index contributed by atoms with van der Waals surface area (Å²) in [5, 5.41) is 8.88. The van der Waals surface area contributed by atoms with Crippen LogP contribution in [0.25, 0.3) is 0 Å². The average molecular weight is 471 g/mol. The molecule has 3 rings (SSSR count). The number of ether oxygens (including phenoxy) is 1. The van der Waals surface area contributed by atoms with Crippen LogP contribution in [-0.4, -0.2) is 36.1 Å². The maximum atomic E-state index is 12.8. The van der Waals surface area contributed by atoms with Crippen molar-refractivity contribution in [3.05, 3.63) is 70.4 Å². The third-order valence-electron chi connectivity index (χ3n) is 5.10. The maximum Gasteiger partial charge on any atom is 0.338 e. The summed E-state index contributed by atoms with van der Waals surface area (Å²) in [6, 6.07) is 12.3. The van der Waals surface area contributed by atoms with E-state index in [0.29, 0.717) is 39.8 Å². The van der Waals surface area contributed by atoms with Crippen LogP contribution in [0.4, 0.5) is 21.0 Å². The molecule has 0 fully saturated rings. The second kappa shape index (κ2) is 10.9. The van der Waals surface area contributed by atoms with Gasteiger partial charge in [0.05, 0.1) is 18.2 Å². The molecule has 0 aliphatic carbocycles. The van der Waals surface area contributed by atoms with E-state index in [-0.39, 0.29) is 12.6 Å². The molecule has 33 heavy (non-hydrogen) atoms. The minimum atomic E-state index is -0.706. The summed E-state index contributed by atoms with van der Waals surface area (Å²) < 4.78 is 5.27. The average Bonchev–Trinajstić information content (AvgIpc) is 2.76. The van der Waals surface area contributed by atoms with E-state index < -0.39 is 18.0 Å². The third kappa shape index (κ3) is 5.84. The van der Waals surface area contributed by atoms with Crippen LogP contribution in [0, 0.1) is 0 Å². The monoisotopic (exact) mass is 470 g/mol. The Morgan fingerprint density at radius 1 is 1.09 bits per heavy atom. The van der Waals surface area contributed by atoms with Crippen LogP contribution in [0.3, 0.4) is 0 Å². The molecule has 174 valence electrons. The standard InChI is InChI=1S/C24H27ClN4O4/c1-4-12-29-15(3)20(22(30)33-5-2)21(28-24(29)32)16-8-6-10-18(13-16)26-23(31)27-19-11-7-9-17(25)14-19/h6-11,13-14,21H,4-5,12H2,1-3H3,(H,28,32)(H2,26,27,31)/t21-/m1/s1. The molecule has 0 unspecified atom stereocenters. The normalized spacial score (nSPS) is 15.7. The van der Waals surface area contributed by atoms with Crippen molar-refractivity contribution in [3.63, 3.8) is 0 Å². The highest BCUT2D eigenvalue weighted by molar-refractivity contribution is 6.30. The van der Waals surface area contributed by atoms with Crippen LogP contribution in [0.2, 0.25) is 5.02 Å². The quantitative estimate of drug-likeness (QED) is 0.478. The molecule has 1 heterocycles. The Kier molecular flexibility index (Phi) is 7.95. The van der Waals surface area contributed by atoms with Crippen LogP contribution in [0.5, 0.6) is 0 Å². The van der Waals surface area contributed by atoms with Crippen molar-refractivity contribution in [3.8, 4) is 0 Å². The lowest BCUT2D eigenvalue weighted by Gasteiger charge is -2.35. The lowest BCUT2D eigenvalue weighted by Crippen LogP contribution is -2.48. The molecule has 4 amide bonds. The number of allylic oxidation sites excluding steroid dienone is 1. The van der Waals surface area contributed by atoms with E-state index in [1.807, 2.05) is 6.92 Å². The summed E-state index contributed by atoms with van der Waals surface area (Å²) in [5.41, 5.74) is 2.61. The Balaban J connectivity index is 1.86. The fraction of sp³-hybridized carbons (Fsp3) is 0.292. The first kappa shape index (κ1) is 24.1. The number of rotatable bonds is 7.